The van der Waals surface area contributed by atoms with Crippen LogP contribution in [-0.2, 0) is 24.3 Å². The SMILES string of the molecule is C=C(CCOC(C)=O)C(=O)Nc1ccc(S(=O)(=O)Nc2nccnc2Cl)cc1. The summed E-state index contributed by atoms with van der Waals surface area (Å²) in [5, 5.41) is 2.50. The van der Waals surface area contributed by atoms with Crippen LogP contribution in [0.3, 0.4) is 0 Å². The van der Waals surface area contributed by atoms with Crippen LogP contribution in [0, 0.1) is 0 Å². The van der Waals surface area contributed by atoms with Crippen LogP contribution in [0.25, 0.3) is 0 Å². The van der Waals surface area contributed by atoms with E-state index in [4.69, 9.17) is 16.3 Å². The fourth-order valence-corrected chi connectivity index (χ4v) is 3.17. The molecule has 2 N–H and O–H groups in total. The highest BCUT2D eigenvalue weighted by atomic mass is 35.5. The van der Waals surface area contributed by atoms with Crippen LogP contribution in [0.15, 0.2) is 53.7 Å². The summed E-state index contributed by atoms with van der Waals surface area (Å²) in [6.45, 7) is 4.95. The first-order valence-electron chi connectivity index (χ1n) is 7.91. The Morgan fingerprint density at radius 1 is 1.18 bits per heavy atom. The largest absolute Gasteiger partial charge is 0.466 e. The summed E-state index contributed by atoms with van der Waals surface area (Å²) in [6, 6.07) is 5.46. The number of amides is 1. The van der Waals surface area contributed by atoms with E-state index in [1.54, 1.807) is 0 Å². The zero-order chi connectivity index (χ0) is 20.7. The Kier molecular flexibility index (Phi) is 7.07. The predicted octanol–water partition coefficient (Wildman–Crippen LogP) is 2.38. The van der Waals surface area contributed by atoms with Gasteiger partial charge in [-0.2, -0.15) is 0 Å². The quantitative estimate of drug-likeness (QED) is 0.491. The summed E-state index contributed by atoms with van der Waals surface area (Å²) in [5.41, 5.74) is 0.590. The van der Waals surface area contributed by atoms with Crippen LogP contribution in [0.5, 0.6) is 0 Å². The van der Waals surface area contributed by atoms with E-state index in [0.717, 1.165) is 0 Å². The van der Waals surface area contributed by atoms with E-state index in [2.05, 4.69) is 26.6 Å². The number of carbonyl (C=O) groups is 2. The summed E-state index contributed by atoms with van der Waals surface area (Å²) < 4.78 is 31.8. The number of sulfonamides is 1. The van der Waals surface area contributed by atoms with Crippen molar-refractivity contribution in [3.8, 4) is 0 Å². The molecule has 1 aromatic carbocycles. The number of nitrogens with one attached hydrogen (secondary N) is 2. The number of hydrogen-bond donors (Lipinski definition) is 2. The van der Waals surface area contributed by atoms with Gasteiger partial charge in [-0.05, 0) is 24.3 Å². The molecular formula is C17H17ClN4O5S. The highest BCUT2D eigenvalue weighted by Crippen LogP contribution is 2.21. The molecule has 11 heteroatoms. The molecule has 1 aromatic heterocycles. The van der Waals surface area contributed by atoms with Crippen molar-refractivity contribution in [3.63, 3.8) is 0 Å². The van der Waals surface area contributed by atoms with Crippen LogP contribution in [0.2, 0.25) is 5.15 Å². The molecule has 1 amide bonds. The fourth-order valence-electron chi connectivity index (χ4n) is 1.94. The summed E-state index contributed by atoms with van der Waals surface area (Å²) >= 11 is 5.80. The standard InChI is InChI=1S/C17H17ClN4O5S/c1-11(7-10-27-12(2)23)17(24)21-13-3-5-14(6-4-13)28(25,26)22-16-15(18)19-8-9-20-16/h3-6,8-9H,1,7,10H2,2H3,(H,20,22)(H,21,24). The van der Waals surface area contributed by atoms with Gasteiger partial charge in [0.25, 0.3) is 15.9 Å². The molecule has 0 unspecified atom stereocenters. The topological polar surface area (TPSA) is 127 Å². The Morgan fingerprint density at radius 2 is 1.82 bits per heavy atom. The average Bonchev–Trinajstić information content (AvgIpc) is 2.63. The third kappa shape index (κ3) is 6.03. The van der Waals surface area contributed by atoms with Gasteiger partial charge < -0.3 is 10.1 Å². The fraction of sp³-hybridized carbons (Fsp3) is 0.176. The number of aromatic nitrogens is 2. The molecule has 148 valence electrons. The molecule has 2 aromatic rings. The Bertz CT molecular complexity index is 993. The zero-order valence-corrected chi connectivity index (χ0v) is 16.4. The van der Waals surface area contributed by atoms with Crippen molar-refractivity contribution >= 4 is 45.0 Å². The second-order valence-corrected chi connectivity index (χ2v) is 7.51. The van der Waals surface area contributed by atoms with Crippen LogP contribution in [0.4, 0.5) is 11.5 Å². The van der Waals surface area contributed by atoms with E-state index < -0.39 is 21.9 Å². The van der Waals surface area contributed by atoms with Crippen LogP contribution in [0.1, 0.15) is 13.3 Å². The van der Waals surface area contributed by atoms with E-state index in [1.165, 1.54) is 43.6 Å². The van der Waals surface area contributed by atoms with Gasteiger partial charge in [0.05, 0.1) is 11.5 Å². The highest BCUT2D eigenvalue weighted by Gasteiger charge is 2.17. The molecule has 0 radical (unpaired) electrons. The van der Waals surface area contributed by atoms with Crippen LogP contribution in [-0.4, -0.2) is 36.9 Å². The van der Waals surface area contributed by atoms with Gasteiger partial charge in [-0.15, -0.1) is 0 Å². The molecular weight excluding hydrogens is 408 g/mol. The molecule has 0 spiro atoms. The normalized spacial score (nSPS) is 10.8. The van der Waals surface area contributed by atoms with Crippen molar-refractivity contribution in [1.82, 2.24) is 9.97 Å². The smallest absolute Gasteiger partial charge is 0.302 e. The number of carbonyl (C=O) groups excluding carboxylic acids is 2. The minimum atomic E-state index is -3.93. The Hall–Kier alpha value is -2.98. The molecule has 0 atom stereocenters. The molecule has 0 bridgehead atoms. The molecule has 9 nitrogen and oxygen atoms in total. The summed E-state index contributed by atoms with van der Waals surface area (Å²) in [7, 11) is -3.93. The molecule has 0 saturated carbocycles. The molecule has 1 heterocycles. The van der Waals surface area contributed by atoms with E-state index in [-0.39, 0.29) is 34.5 Å². The Morgan fingerprint density at radius 3 is 2.43 bits per heavy atom. The number of esters is 1. The van der Waals surface area contributed by atoms with Gasteiger partial charge in [-0.25, -0.2) is 18.4 Å². The maximum atomic E-state index is 12.4. The molecule has 2 rings (SSSR count). The van der Waals surface area contributed by atoms with Gasteiger partial charge >= 0.3 is 5.97 Å². The monoisotopic (exact) mass is 424 g/mol. The molecule has 28 heavy (non-hydrogen) atoms. The van der Waals surface area contributed by atoms with Gasteiger partial charge in [-0.3, -0.25) is 14.3 Å². The van der Waals surface area contributed by atoms with Crippen LogP contribution >= 0.6 is 11.6 Å². The lowest BCUT2D eigenvalue weighted by atomic mass is 10.2. The van der Waals surface area contributed by atoms with Crippen molar-refractivity contribution in [2.75, 3.05) is 16.6 Å². The summed E-state index contributed by atoms with van der Waals surface area (Å²) in [4.78, 5) is 30.3. The maximum Gasteiger partial charge on any atom is 0.302 e. The third-order valence-corrected chi connectivity index (χ3v) is 4.97. The maximum absolute atomic E-state index is 12.4. The van der Waals surface area contributed by atoms with E-state index in [9.17, 15) is 18.0 Å². The first-order valence-corrected chi connectivity index (χ1v) is 9.77. The minimum absolute atomic E-state index is 0.0510. The zero-order valence-electron chi connectivity index (χ0n) is 14.8. The second-order valence-electron chi connectivity index (χ2n) is 5.47. The van der Waals surface area contributed by atoms with E-state index in [0.29, 0.717) is 5.69 Å². The van der Waals surface area contributed by atoms with Crippen molar-refractivity contribution in [2.24, 2.45) is 0 Å². The highest BCUT2D eigenvalue weighted by molar-refractivity contribution is 7.92. The molecule has 0 saturated heterocycles. The number of hydrogen-bond acceptors (Lipinski definition) is 7. The van der Waals surface area contributed by atoms with Crippen molar-refractivity contribution in [2.45, 2.75) is 18.2 Å². The predicted molar refractivity (Wildman–Crippen MR) is 103 cm³/mol. The molecule has 0 aliphatic rings. The second kappa shape index (κ2) is 9.29. The number of halogens is 1. The minimum Gasteiger partial charge on any atom is -0.466 e. The van der Waals surface area contributed by atoms with Gasteiger partial charge in [0, 0.05) is 37.0 Å². The van der Waals surface area contributed by atoms with Gasteiger partial charge in [0.1, 0.15) is 0 Å². The number of rotatable bonds is 8. The lowest BCUT2D eigenvalue weighted by molar-refractivity contribution is -0.141. The summed E-state index contributed by atoms with van der Waals surface area (Å²) in [6.07, 6.45) is 2.81. The number of ether oxygens (including phenoxy) is 1. The van der Waals surface area contributed by atoms with E-state index in [1.807, 2.05) is 0 Å². The lowest BCUT2D eigenvalue weighted by Crippen LogP contribution is -2.16. The third-order valence-electron chi connectivity index (χ3n) is 3.34. The van der Waals surface area contributed by atoms with E-state index >= 15 is 0 Å². The molecule has 0 fully saturated rings. The first-order chi connectivity index (χ1) is 13.2. The number of benzene rings is 1. The van der Waals surface area contributed by atoms with Gasteiger partial charge in [-0.1, -0.05) is 18.2 Å². The van der Waals surface area contributed by atoms with Crippen LogP contribution < -0.4 is 10.0 Å². The summed E-state index contributed by atoms with van der Waals surface area (Å²) in [5.74, 6) is -1.00. The Balaban J connectivity index is 2.00. The van der Waals surface area contributed by atoms with Crippen molar-refractivity contribution in [1.29, 1.82) is 0 Å². The van der Waals surface area contributed by atoms with Gasteiger partial charge in [0.2, 0.25) is 0 Å². The molecule has 0 aliphatic carbocycles. The van der Waals surface area contributed by atoms with Gasteiger partial charge in [0.15, 0.2) is 11.0 Å². The van der Waals surface area contributed by atoms with Crippen molar-refractivity contribution in [3.05, 3.63) is 54.0 Å². The lowest BCUT2D eigenvalue weighted by Gasteiger charge is -2.10. The Labute approximate surface area is 166 Å². The number of anilines is 2. The molecule has 0 aliphatic heterocycles. The van der Waals surface area contributed by atoms with Crippen molar-refractivity contribution < 1.29 is 22.7 Å². The first kappa shape index (κ1) is 21.3. The average molecular weight is 425 g/mol. The number of nitrogens with zero attached hydrogens (tertiary/aromatic N) is 2.